The molecule has 0 fully saturated rings. The van der Waals surface area contributed by atoms with Crippen LogP contribution in [0.1, 0.15) is 16.7 Å². The number of anilines is 2. The van der Waals surface area contributed by atoms with E-state index in [1.54, 1.807) is 25.1 Å². The Morgan fingerprint density at radius 2 is 1.27 bits per heavy atom. The molecule has 220 valence electrons. The third-order valence-corrected chi connectivity index (χ3v) is 8.12. The van der Waals surface area contributed by atoms with Crippen molar-refractivity contribution in [3.8, 4) is 10.7 Å². The first kappa shape index (κ1) is 30.0. The summed E-state index contributed by atoms with van der Waals surface area (Å²) in [5, 5.41) is 0.831. The molecule has 4 aromatic carbocycles. The van der Waals surface area contributed by atoms with Gasteiger partial charge in [0.25, 0.3) is 11.3 Å². The number of aromatic amines is 1. The smallest absolute Gasteiger partial charge is 0.382 e. The minimum absolute atomic E-state index is 0.180. The van der Waals surface area contributed by atoms with Gasteiger partial charge in [0.15, 0.2) is 10.7 Å². The molecule has 0 saturated carbocycles. The van der Waals surface area contributed by atoms with Gasteiger partial charge in [0, 0.05) is 0 Å². The average molecular weight is 623 g/mol. The normalized spacial score (nSPS) is 10.5. The third kappa shape index (κ3) is 6.94. The van der Waals surface area contributed by atoms with Crippen molar-refractivity contribution < 1.29 is 14.3 Å². The molecule has 0 aliphatic carbocycles. The van der Waals surface area contributed by atoms with Gasteiger partial charge in [-0.05, 0) is 55.5 Å². The molecule has 7 aromatic rings. The van der Waals surface area contributed by atoms with Crippen LogP contribution in [0.4, 0.5) is 11.4 Å². The van der Waals surface area contributed by atoms with Gasteiger partial charge in [0.2, 0.25) is 0 Å². The van der Waals surface area contributed by atoms with Crippen molar-refractivity contribution in [2.24, 2.45) is 0 Å². The fourth-order valence-corrected chi connectivity index (χ4v) is 5.76. The van der Waals surface area contributed by atoms with Crippen molar-refractivity contribution in [2.45, 2.75) is 6.92 Å². The summed E-state index contributed by atoms with van der Waals surface area (Å²) in [6, 6.07) is 29.9. The quantitative estimate of drug-likeness (QED) is 0.0910. The number of nitrogens with zero attached hydrogens (tertiary/aromatic N) is 3. The number of carbonyl (C=O) groups excluding carboxylic acids is 2. The zero-order chi connectivity index (χ0) is 31.1. The number of fused-ring (bicyclic) bond motifs is 3. The molecule has 44 heavy (non-hydrogen) atoms. The minimum atomic E-state index is -0.846. The number of nitrogen functional groups attached to an aromatic ring is 2. The van der Waals surface area contributed by atoms with Gasteiger partial charge in [0.1, 0.15) is 5.01 Å². The van der Waals surface area contributed by atoms with E-state index in [-0.39, 0.29) is 17.2 Å². The van der Waals surface area contributed by atoms with Gasteiger partial charge in [-0.1, -0.05) is 48.5 Å². The number of hydrogen-bond donors (Lipinski definition) is 3. The molecule has 0 bridgehead atoms. The highest BCUT2D eigenvalue weighted by molar-refractivity contribution is 7.21. The molecule has 0 radical (unpaired) electrons. The number of nitrogens with two attached hydrogens (primary N) is 2. The second-order valence-electron chi connectivity index (χ2n) is 9.08. The molecular weight excluding hydrogens is 597 g/mol. The zero-order valence-corrected chi connectivity index (χ0v) is 25.0. The molecule has 3 aromatic heterocycles. The van der Waals surface area contributed by atoms with Gasteiger partial charge < -0.3 is 21.2 Å². The summed E-state index contributed by atoms with van der Waals surface area (Å²) in [6.07, 6.45) is 0. The van der Waals surface area contributed by atoms with Crippen LogP contribution in [-0.4, -0.2) is 38.3 Å². The number of nitrogens with one attached hydrogen (secondary N) is 1. The number of thiazole rings is 2. The van der Waals surface area contributed by atoms with Crippen molar-refractivity contribution in [3.05, 3.63) is 112 Å². The third-order valence-electron chi connectivity index (χ3n) is 6.04. The Hall–Kier alpha value is -5.46. The van der Waals surface area contributed by atoms with Crippen LogP contribution in [0.5, 0.6) is 0 Å². The van der Waals surface area contributed by atoms with Crippen LogP contribution in [0.3, 0.4) is 0 Å². The lowest BCUT2D eigenvalue weighted by atomic mass is 10.3. The predicted octanol–water partition coefficient (Wildman–Crippen LogP) is 6.09. The molecule has 12 heteroatoms. The summed E-state index contributed by atoms with van der Waals surface area (Å²) in [5.41, 5.74) is 15.4. The van der Waals surface area contributed by atoms with E-state index in [1.807, 2.05) is 78.9 Å². The lowest BCUT2D eigenvalue weighted by Gasteiger charge is -1.98. The highest BCUT2D eigenvalue weighted by atomic mass is 32.1. The van der Waals surface area contributed by atoms with E-state index in [1.165, 1.54) is 22.7 Å². The Labute approximate surface area is 259 Å². The number of rotatable bonds is 4. The molecule has 0 amide bonds. The maximum absolute atomic E-state index is 12.2. The summed E-state index contributed by atoms with van der Waals surface area (Å²) in [7, 11) is 0. The number of carbonyl (C=O) groups is 2. The predicted molar refractivity (Wildman–Crippen MR) is 177 cm³/mol. The van der Waals surface area contributed by atoms with Crippen molar-refractivity contribution in [1.29, 1.82) is 0 Å². The summed E-state index contributed by atoms with van der Waals surface area (Å²) < 4.78 is 6.57. The Bertz CT molecular complexity index is 2070. The Kier molecular flexibility index (Phi) is 9.33. The van der Waals surface area contributed by atoms with Crippen molar-refractivity contribution in [3.63, 3.8) is 0 Å². The Balaban J connectivity index is 0.000000143. The first-order valence-corrected chi connectivity index (χ1v) is 15.0. The number of hydrogen-bond acceptors (Lipinski definition) is 11. The molecule has 3 heterocycles. The zero-order valence-electron chi connectivity index (χ0n) is 23.4. The number of H-pyrrole nitrogens is 1. The number of esters is 1. The molecule has 0 saturated heterocycles. The fourth-order valence-electron chi connectivity index (χ4n) is 3.91. The molecule has 7 rings (SSSR count). The van der Waals surface area contributed by atoms with Crippen molar-refractivity contribution in [2.75, 3.05) is 18.1 Å². The monoisotopic (exact) mass is 622 g/mol. The van der Waals surface area contributed by atoms with Crippen LogP contribution in [0.2, 0.25) is 0 Å². The minimum Gasteiger partial charge on any atom is -0.460 e. The summed E-state index contributed by atoms with van der Waals surface area (Å²) >= 11 is 2.68. The van der Waals surface area contributed by atoms with Crippen LogP contribution in [0.25, 0.3) is 42.2 Å². The van der Waals surface area contributed by atoms with Gasteiger partial charge in [0.05, 0.1) is 49.4 Å². The van der Waals surface area contributed by atoms with Crippen molar-refractivity contribution in [1.82, 2.24) is 19.9 Å². The fraction of sp³-hybridized carbons (Fsp3) is 0.0625. The number of ketones is 1. The van der Waals surface area contributed by atoms with Crippen LogP contribution < -0.4 is 17.0 Å². The van der Waals surface area contributed by atoms with E-state index in [0.717, 1.165) is 31.5 Å². The summed E-state index contributed by atoms with van der Waals surface area (Å²) in [6.45, 7) is 1.85. The molecule has 0 aliphatic rings. The lowest BCUT2D eigenvalue weighted by molar-refractivity contribution is -0.137. The molecule has 10 nitrogen and oxygen atoms in total. The van der Waals surface area contributed by atoms with E-state index in [0.29, 0.717) is 22.1 Å². The van der Waals surface area contributed by atoms with E-state index < -0.39 is 11.8 Å². The first-order valence-electron chi connectivity index (χ1n) is 13.4. The number of benzene rings is 4. The Morgan fingerprint density at radius 1 is 0.727 bits per heavy atom. The topological polar surface area (TPSA) is 167 Å². The number of ether oxygens (including phenoxy) is 1. The number of aromatic nitrogens is 4. The van der Waals surface area contributed by atoms with Gasteiger partial charge in [-0.2, -0.15) is 0 Å². The maximum Gasteiger partial charge on any atom is 0.382 e. The first-order chi connectivity index (χ1) is 21.3. The van der Waals surface area contributed by atoms with Gasteiger partial charge in [-0.15, -0.1) is 22.7 Å². The second kappa shape index (κ2) is 13.7. The van der Waals surface area contributed by atoms with Crippen LogP contribution in [0, 0.1) is 0 Å². The maximum atomic E-state index is 12.2. The van der Waals surface area contributed by atoms with E-state index in [9.17, 15) is 14.4 Å². The highest BCUT2D eigenvalue weighted by Crippen LogP contribution is 2.27. The van der Waals surface area contributed by atoms with E-state index in [2.05, 4.69) is 24.7 Å². The number of Topliss-reactive ketones (excluding diaryl/α,β-unsaturated/α-hetero) is 1. The standard InChI is InChI=1S/C15H9N3OS.C11H9NO3S.C6H8N2/c19-14-13(16-9-5-1-2-6-10(9)17-14)15-18-11-7-3-4-8-12(11)20-15;1-2-15-11(14)9(13)10-12-7-5-3-4-6-8(7)16-10;7-5-3-1-2-4-6(5)8/h1-8H,(H,17,19);3-6H,2H2,1H3;1-4H,7-8H2. The summed E-state index contributed by atoms with van der Waals surface area (Å²) in [5.74, 6) is -1.52. The average Bonchev–Trinajstić information content (AvgIpc) is 3.67. The SMILES string of the molecule is CCOC(=O)C(=O)c1nc2ccccc2s1.Nc1ccccc1N.O=c1[nH]c2ccccc2nc1-c1nc2ccccc2s1. The molecule has 0 unspecified atom stereocenters. The number of para-hydroxylation sites is 6. The largest absolute Gasteiger partial charge is 0.460 e. The molecule has 0 atom stereocenters. The van der Waals surface area contributed by atoms with Crippen molar-refractivity contribution >= 4 is 77.3 Å². The van der Waals surface area contributed by atoms with E-state index in [4.69, 9.17) is 11.5 Å². The Morgan fingerprint density at radius 3 is 1.86 bits per heavy atom. The van der Waals surface area contributed by atoms with Gasteiger partial charge in [-0.25, -0.2) is 19.7 Å². The van der Waals surface area contributed by atoms with Crippen LogP contribution in [0.15, 0.2) is 102 Å². The van der Waals surface area contributed by atoms with Crippen LogP contribution >= 0.6 is 22.7 Å². The van der Waals surface area contributed by atoms with E-state index >= 15 is 0 Å². The lowest BCUT2D eigenvalue weighted by Crippen LogP contribution is -2.17. The molecule has 0 spiro atoms. The summed E-state index contributed by atoms with van der Waals surface area (Å²) in [4.78, 5) is 50.8. The van der Waals surface area contributed by atoms with Crippen LogP contribution in [-0.2, 0) is 9.53 Å². The van der Waals surface area contributed by atoms with Gasteiger partial charge >= 0.3 is 5.97 Å². The highest BCUT2D eigenvalue weighted by Gasteiger charge is 2.21. The second-order valence-corrected chi connectivity index (χ2v) is 11.1. The van der Waals surface area contributed by atoms with Gasteiger partial charge in [-0.3, -0.25) is 9.59 Å². The molecule has 5 N–H and O–H groups in total. The molecule has 0 aliphatic heterocycles. The molecular formula is C32H26N6O4S2.